The van der Waals surface area contributed by atoms with Crippen LogP contribution in [0.25, 0.3) is 54.8 Å². The van der Waals surface area contributed by atoms with Gasteiger partial charge in [-0.3, -0.25) is 0 Å². The summed E-state index contributed by atoms with van der Waals surface area (Å²) >= 11 is 0. The normalized spacial score (nSPS) is 12.2. The van der Waals surface area contributed by atoms with Crippen molar-refractivity contribution >= 4 is 32.3 Å². The highest BCUT2D eigenvalue weighted by Crippen LogP contribution is 2.47. The van der Waals surface area contributed by atoms with Crippen LogP contribution in [0.5, 0.6) is 0 Å². The smallest absolute Gasteiger partial charge is 0.116 e. The van der Waals surface area contributed by atoms with Gasteiger partial charge in [-0.1, -0.05) is 58.0 Å². The van der Waals surface area contributed by atoms with Crippen molar-refractivity contribution in [3.63, 3.8) is 0 Å². The van der Waals surface area contributed by atoms with Crippen LogP contribution in [-0.4, -0.2) is 19.9 Å². The first-order chi connectivity index (χ1) is 18.2. The summed E-state index contributed by atoms with van der Waals surface area (Å²) in [4.78, 5) is 18.6. The summed E-state index contributed by atoms with van der Waals surface area (Å²) in [5.41, 5.74) is 11.2. The number of aromatic nitrogens is 4. The number of benzene rings is 4. The van der Waals surface area contributed by atoms with E-state index in [0.717, 1.165) is 45.0 Å². The standard InChI is InChI=1S/C34H34N4/c1-17(2)27-13-28(18(3)4)24-10-12-26-30(34-20(6)22(8)36-16-38-34)14-29(33-19(5)21(7)35-15-37-33)25-11-9-23(27)31(24)32(25)26/h9-18H,1-8H3. The number of nitrogens with zero attached hydrogens (tertiary/aromatic N) is 4. The van der Waals surface area contributed by atoms with Crippen LogP contribution >= 0.6 is 0 Å². The van der Waals surface area contributed by atoms with Gasteiger partial charge < -0.3 is 0 Å². The van der Waals surface area contributed by atoms with Gasteiger partial charge in [-0.05, 0) is 100 Å². The molecule has 0 aliphatic heterocycles. The van der Waals surface area contributed by atoms with Crippen molar-refractivity contribution in [1.29, 1.82) is 0 Å². The van der Waals surface area contributed by atoms with Crippen molar-refractivity contribution in [2.75, 3.05) is 0 Å². The molecule has 0 amide bonds. The molecule has 190 valence electrons. The third-order valence-corrected chi connectivity index (χ3v) is 8.39. The molecule has 4 nitrogen and oxygen atoms in total. The van der Waals surface area contributed by atoms with E-state index in [1.54, 1.807) is 12.7 Å². The highest BCUT2D eigenvalue weighted by molar-refractivity contribution is 6.29. The minimum atomic E-state index is 0.425. The fourth-order valence-corrected chi connectivity index (χ4v) is 6.02. The van der Waals surface area contributed by atoms with Crippen molar-refractivity contribution in [3.05, 3.63) is 82.7 Å². The molecule has 0 fully saturated rings. The van der Waals surface area contributed by atoms with Crippen molar-refractivity contribution in [2.45, 2.75) is 67.2 Å². The number of hydrogen-bond donors (Lipinski definition) is 0. The van der Waals surface area contributed by atoms with Crippen LogP contribution in [0.2, 0.25) is 0 Å². The third-order valence-electron chi connectivity index (χ3n) is 8.39. The molecule has 0 N–H and O–H groups in total. The van der Waals surface area contributed by atoms with Gasteiger partial charge in [-0.2, -0.15) is 0 Å². The molecule has 2 heterocycles. The van der Waals surface area contributed by atoms with Gasteiger partial charge in [0.25, 0.3) is 0 Å². The molecule has 2 aromatic heterocycles. The Morgan fingerprint density at radius 3 is 1.32 bits per heavy atom. The second-order valence-corrected chi connectivity index (χ2v) is 11.3. The van der Waals surface area contributed by atoms with E-state index in [9.17, 15) is 0 Å². The van der Waals surface area contributed by atoms with E-state index < -0.39 is 0 Å². The molecule has 0 spiro atoms. The minimum Gasteiger partial charge on any atom is -0.241 e. The van der Waals surface area contributed by atoms with Crippen molar-refractivity contribution < 1.29 is 0 Å². The zero-order valence-corrected chi connectivity index (χ0v) is 23.6. The van der Waals surface area contributed by atoms with Gasteiger partial charge >= 0.3 is 0 Å². The van der Waals surface area contributed by atoms with Gasteiger partial charge in [-0.25, -0.2) is 19.9 Å². The summed E-state index contributed by atoms with van der Waals surface area (Å²) in [6.45, 7) is 17.5. The first-order valence-electron chi connectivity index (χ1n) is 13.5. The predicted molar refractivity (Wildman–Crippen MR) is 159 cm³/mol. The maximum atomic E-state index is 4.81. The van der Waals surface area contributed by atoms with Crippen molar-refractivity contribution in [2.24, 2.45) is 0 Å². The molecule has 6 aromatic rings. The van der Waals surface area contributed by atoms with E-state index in [4.69, 9.17) is 9.97 Å². The molecule has 0 bridgehead atoms. The van der Waals surface area contributed by atoms with Gasteiger partial charge in [0.1, 0.15) is 12.7 Å². The second kappa shape index (κ2) is 8.83. The Bertz CT molecular complexity index is 1740. The van der Waals surface area contributed by atoms with Crippen LogP contribution in [0.1, 0.15) is 73.2 Å². The maximum Gasteiger partial charge on any atom is 0.116 e. The van der Waals surface area contributed by atoms with Crippen LogP contribution in [0.4, 0.5) is 0 Å². The largest absolute Gasteiger partial charge is 0.241 e. The summed E-state index contributed by atoms with van der Waals surface area (Å²) < 4.78 is 0. The van der Waals surface area contributed by atoms with Crippen LogP contribution < -0.4 is 0 Å². The Kier molecular flexibility index (Phi) is 5.68. The molecular formula is C34H34N4. The third kappa shape index (κ3) is 3.50. The lowest BCUT2D eigenvalue weighted by Gasteiger charge is -2.23. The SMILES string of the molecule is Cc1ncnc(-c2cc(-c3ncnc(C)c3C)c3ccc4c(C(C)C)cc(C(C)C)c5ccc2c3c54)c1C. The second-order valence-electron chi connectivity index (χ2n) is 11.3. The lowest BCUT2D eigenvalue weighted by atomic mass is 9.81. The molecule has 0 aliphatic rings. The summed E-state index contributed by atoms with van der Waals surface area (Å²) in [6.07, 6.45) is 3.37. The molecule has 0 radical (unpaired) electrons. The van der Waals surface area contributed by atoms with E-state index >= 15 is 0 Å². The first kappa shape index (κ1) is 24.4. The zero-order chi connectivity index (χ0) is 26.9. The molecule has 0 aliphatic carbocycles. The van der Waals surface area contributed by atoms with E-state index in [2.05, 4.69) is 102 Å². The number of aryl methyl sites for hydroxylation is 2. The molecule has 0 saturated carbocycles. The van der Waals surface area contributed by atoms with Gasteiger partial charge in [0, 0.05) is 22.5 Å². The summed E-state index contributed by atoms with van der Waals surface area (Å²) in [6, 6.07) is 14.0. The highest BCUT2D eigenvalue weighted by Gasteiger charge is 2.23. The van der Waals surface area contributed by atoms with Crippen molar-refractivity contribution in [3.8, 4) is 22.5 Å². The summed E-state index contributed by atoms with van der Waals surface area (Å²) in [5.74, 6) is 0.851. The van der Waals surface area contributed by atoms with Crippen molar-refractivity contribution in [1.82, 2.24) is 19.9 Å². The van der Waals surface area contributed by atoms with Gasteiger partial charge in [-0.15, -0.1) is 0 Å². The first-order valence-corrected chi connectivity index (χ1v) is 13.5. The Hall–Kier alpha value is -3.92. The van der Waals surface area contributed by atoms with E-state index in [0.29, 0.717) is 11.8 Å². The van der Waals surface area contributed by atoms with E-state index in [-0.39, 0.29) is 0 Å². The molecule has 4 heteroatoms. The van der Waals surface area contributed by atoms with E-state index in [1.165, 1.54) is 43.4 Å². The van der Waals surface area contributed by atoms with Crippen LogP contribution in [0, 0.1) is 27.7 Å². The number of rotatable bonds is 4. The maximum absolute atomic E-state index is 4.81. The minimum absolute atomic E-state index is 0.425. The average Bonchev–Trinajstić information content (AvgIpc) is 2.89. The Labute approximate surface area is 224 Å². The molecule has 4 aromatic carbocycles. The van der Waals surface area contributed by atoms with Gasteiger partial charge in [0.05, 0.1) is 11.4 Å². The van der Waals surface area contributed by atoms with Crippen LogP contribution in [0.3, 0.4) is 0 Å². The van der Waals surface area contributed by atoms with Crippen LogP contribution in [0.15, 0.2) is 49.1 Å². The summed E-state index contributed by atoms with van der Waals surface area (Å²) in [7, 11) is 0. The number of hydrogen-bond acceptors (Lipinski definition) is 4. The highest BCUT2D eigenvalue weighted by atomic mass is 14.8. The summed E-state index contributed by atoms with van der Waals surface area (Å²) in [5, 5.41) is 7.77. The monoisotopic (exact) mass is 498 g/mol. The lowest BCUT2D eigenvalue weighted by molar-refractivity contribution is 0.847. The molecule has 0 atom stereocenters. The topological polar surface area (TPSA) is 51.6 Å². The molecule has 6 rings (SSSR count). The fourth-order valence-electron chi connectivity index (χ4n) is 6.02. The van der Waals surface area contributed by atoms with Crippen LogP contribution in [-0.2, 0) is 0 Å². The molecule has 38 heavy (non-hydrogen) atoms. The van der Waals surface area contributed by atoms with Gasteiger partial charge in [0.15, 0.2) is 0 Å². The molecule has 0 unspecified atom stereocenters. The zero-order valence-electron chi connectivity index (χ0n) is 23.6. The Morgan fingerprint density at radius 1 is 0.500 bits per heavy atom. The average molecular weight is 499 g/mol. The van der Waals surface area contributed by atoms with E-state index in [1.807, 2.05) is 0 Å². The fraction of sp³-hybridized carbons (Fsp3) is 0.294. The Morgan fingerprint density at radius 2 is 0.895 bits per heavy atom. The lowest BCUT2D eigenvalue weighted by Crippen LogP contribution is -2.01. The predicted octanol–water partition coefficient (Wildman–Crippen LogP) is 8.98. The molecular weight excluding hydrogens is 464 g/mol. The molecule has 0 saturated heterocycles. The van der Waals surface area contributed by atoms with Gasteiger partial charge in [0.2, 0.25) is 0 Å². The Balaban J connectivity index is 1.89. The quantitative estimate of drug-likeness (QED) is 0.228.